The zero-order valence-corrected chi connectivity index (χ0v) is 23.1. The number of benzene rings is 3. The van der Waals surface area contributed by atoms with Gasteiger partial charge in [0.2, 0.25) is 6.79 Å². The highest BCUT2D eigenvalue weighted by atomic mass is 32.2. The molecule has 0 bridgehead atoms. The predicted molar refractivity (Wildman–Crippen MR) is 151 cm³/mol. The van der Waals surface area contributed by atoms with Crippen LogP contribution in [0, 0.1) is 0 Å². The molecule has 11 heteroatoms. The second-order valence-electron chi connectivity index (χ2n) is 10.3. The van der Waals surface area contributed by atoms with Crippen LogP contribution in [0.15, 0.2) is 84.1 Å². The van der Waals surface area contributed by atoms with Crippen LogP contribution in [-0.4, -0.2) is 47.1 Å². The molecule has 5 rings (SSSR count). The van der Waals surface area contributed by atoms with Crippen molar-refractivity contribution in [1.82, 2.24) is 14.9 Å². The molecule has 0 fully saturated rings. The maximum absolute atomic E-state index is 12.7. The van der Waals surface area contributed by atoms with Gasteiger partial charge in [-0.05, 0) is 68.3 Å². The molecule has 1 aromatic heterocycles. The quantitative estimate of drug-likeness (QED) is 0.198. The number of nitrogens with zero attached hydrogens (tertiary/aromatic N) is 2. The lowest BCUT2D eigenvalue weighted by atomic mass is 9.99. The van der Waals surface area contributed by atoms with Crippen LogP contribution in [0.5, 0.6) is 17.2 Å². The number of ether oxygens (including phenoxy) is 2. The summed E-state index contributed by atoms with van der Waals surface area (Å²) in [5.41, 5.74) is 1.93. The van der Waals surface area contributed by atoms with Crippen molar-refractivity contribution in [2.75, 3.05) is 18.1 Å². The van der Waals surface area contributed by atoms with Gasteiger partial charge >= 0.3 is 0 Å². The molecule has 1 unspecified atom stereocenters. The Bertz CT molecular complexity index is 1590. The van der Waals surface area contributed by atoms with E-state index in [1.54, 1.807) is 30.6 Å². The second-order valence-corrected chi connectivity index (χ2v) is 12.0. The van der Waals surface area contributed by atoms with Gasteiger partial charge in [0.15, 0.2) is 11.5 Å². The first-order valence-electron chi connectivity index (χ1n) is 12.9. The van der Waals surface area contributed by atoms with E-state index in [9.17, 15) is 18.6 Å². The average Bonchev–Trinajstić information content (AvgIpc) is 3.62. The van der Waals surface area contributed by atoms with Gasteiger partial charge in [-0.15, -0.1) is 0 Å². The monoisotopic (exact) mass is 564 g/mol. The number of hydrogen-bond donors (Lipinski definition) is 4. The number of nitrogens with one attached hydrogen (secondary N) is 2. The highest BCUT2D eigenvalue weighted by Crippen LogP contribution is 2.35. The van der Waals surface area contributed by atoms with Crippen LogP contribution in [0.2, 0.25) is 0 Å². The van der Waals surface area contributed by atoms with E-state index >= 15 is 0 Å². The number of phenols is 1. The van der Waals surface area contributed by atoms with Gasteiger partial charge in [0.25, 0.3) is 10.0 Å². The largest absolute Gasteiger partial charge is 0.506 e. The fraction of sp³-hybridized carbons (Fsp3) is 0.276. The van der Waals surface area contributed by atoms with E-state index in [2.05, 4.69) is 15.0 Å². The Morgan fingerprint density at radius 2 is 1.82 bits per heavy atom. The summed E-state index contributed by atoms with van der Waals surface area (Å²) in [6.45, 7) is 5.26. The molecule has 1 aliphatic heterocycles. The number of aryl methyl sites for hydroxylation is 1. The maximum atomic E-state index is 12.7. The van der Waals surface area contributed by atoms with Crippen LogP contribution in [0.1, 0.15) is 31.9 Å². The van der Waals surface area contributed by atoms with Crippen LogP contribution in [-0.2, 0) is 16.6 Å². The second kappa shape index (κ2) is 11.2. The lowest BCUT2D eigenvalue weighted by Gasteiger charge is -2.28. The Hall–Kier alpha value is -4.06. The molecule has 4 aromatic rings. The molecular formula is C29H32N4O6S. The number of aromatic hydroxyl groups is 1. The van der Waals surface area contributed by atoms with Gasteiger partial charge in [-0.2, -0.15) is 0 Å². The molecule has 0 amide bonds. The number of aliphatic hydroxyl groups is 1. The third-order valence-electron chi connectivity index (χ3n) is 6.77. The molecule has 0 spiro atoms. The SMILES string of the molecule is CC(C)(CCn1cnc(-c2ccc3c(c2)OCO3)c1)NCC(O)c1ccc(O)c(NS(=O)(=O)c2ccccc2)c1. The van der Waals surface area contributed by atoms with Crippen LogP contribution in [0.3, 0.4) is 0 Å². The number of fused-ring (bicyclic) bond motifs is 1. The van der Waals surface area contributed by atoms with E-state index in [4.69, 9.17) is 9.47 Å². The molecule has 10 nitrogen and oxygen atoms in total. The van der Waals surface area contributed by atoms with Crippen molar-refractivity contribution < 1.29 is 28.1 Å². The summed E-state index contributed by atoms with van der Waals surface area (Å²) < 4.78 is 40.6. The molecule has 1 aliphatic rings. The number of anilines is 1. The van der Waals surface area contributed by atoms with E-state index in [0.717, 1.165) is 23.4 Å². The van der Waals surface area contributed by atoms with E-state index in [1.165, 1.54) is 24.3 Å². The fourth-order valence-electron chi connectivity index (χ4n) is 4.32. The summed E-state index contributed by atoms with van der Waals surface area (Å²) in [6.07, 6.45) is 3.61. The van der Waals surface area contributed by atoms with Crippen molar-refractivity contribution in [1.29, 1.82) is 0 Å². The zero-order chi connectivity index (χ0) is 28.3. The molecule has 0 saturated carbocycles. The first kappa shape index (κ1) is 27.5. The Kier molecular flexibility index (Phi) is 7.70. The molecule has 4 N–H and O–H groups in total. The van der Waals surface area contributed by atoms with Gasteiger partial charge in [0.1, 0.15) is 5.75 Å². The number of sulfonamides is 1. The highest BCUT2D eigenvalue weighted by Gasteiger charge is 2.22. The van der Waals surface area contributed by atoms with Crippen LogP contribution in [0.25, 0.3) is 11.3 Å². The normalized spacial score (nSPS) is 13.8. The molecule has 1 atom stereocenters. The van der Waals surface area contributed by atoms with E-state index in [1.807, 2.05) is 42.8 Å². The third-order valence-corrected chi connectivity index (χ3v) is 8.16. The van der Waals surface area contributed by atoms with Gasteiger partial charge < -0.3 is 29.6 Å². The molecule has 0 aliphatic carbocycles. The Balaban J connectivity index is 1.17. The number of hydrogen-bond acceptors (Lipinski definition) is 8. The summed E-state index contributed by atoms with van der Waals surface area (Å²) in [5, 5.41) is 24.5. The van der Waals surface area contributed by atoms with E-state index in [0.29, 0.717) is 17.9 Å². The van der Waals surface area contributed by atoms with Crippen molar-refractivity contribution in [3.63, 3.8) is 0 Å². The van der Waals surface area contributed by atoms with Crippen molar-refractivity contribution in [2.24, 2.45) is 0 Å². The average molecular weight is 565 g/mol. The fourth-order valence-corrected chi connectivity index (χ4v) is 5.41. The number of aliphatic hydroxyl groups excluding tert-OH is 1. The zero-order valence-electron chi connectivity index (χ0n) is 22.2. The molecule has 210 valence electrons. The molecule has 2 heterocycles. The van der Waals surface area contributed by atoms with Gasteiger partial charge in [-0.25, -0.2) is 13.4 Å². The smallest absolute Gasteiger partial charge is 0.262 e. The standard InChI is InChI=1S/C29H32N4O6S/c1-29(2,12-13-33-17-24(30-18-33)20-9-11-27-28(15-20)39-19-38-27)31-16-26(35)21-8-10-25(34)23(14-21)32-40(36,37)22-6-4-3-5-7-22/h3-11,14-15,17-18,26,31-32,34-35H,12-13,16,19H2,1-2H3. The van der Waals surface area contributed by atoms with Crippen molar-refractivity contribution in [3.8, 4) is 28.5 Å². The predicted octanol–water partition coefficient (Wildman–Crippen LogP) is 4.28. The van der Waals surface area contributed by atoms with Gasteiger partial charge in [0.05, 0.1) is 28.7 Å². The van der Waals surface area contributed by atoms with Crippen molar-refractivity contribution in [3.05, 3.63) is 84.8 Å². The number of phenolic OH excluding ortho intramolecular Hbond substituents is 1. The molecule has 0 radical (unpaired) electrons. The molecule has 0 saturated heterocycles. The van der Waals surface area contributed by atoms with Crippen LogP contribution < -0.4 is 19.5 Å². The number of imidazole rings is 1. The first-order valence-corrected chi connectivity index (χ1v) is 14.3. The van der Waals surface area contributed by atoms with Crippen molar-refractivity contribution >= 4 is 15.7 Å². The van der Waals surface area contributed by atoms with Gasteiger partial charge in [0, 0.05) is 30.4 Å². The molecule has 3 aromatic carbocycles. The Morgan fingerprint density at radius 1 is 1.05 bits per heavy atom. The van der Waals surface area contributed by atoms with Gasteiger partial charge in [-0.3, -0.25) is 4.72 Å². The summed E-state index contributed by atoms with van der Waals surface area (Å²) in [7, 11) is -3.89. The topological polar surface area (TPSA) is 135 Å². The minimum atomic E-state index is -3.89. The molecular weight excluding hydrogens is 532 g/mol. The highest BCUT2D eigenvalue weighted by molar-refractivity contribution is 7.92. The first-order chi connectivity index (χ1) is 19.1. The summed E-state index contributed by atoms with van der Waals surface area (Å²) in [5.74, 6) is 1.21. The summed E-state index contributed by atoms with van der Waals surface area (Å²) in [4.78, 5) is 4.60. The molecule has 40 heavy (non-hydrogen) atoms. The van der Waals surface area contributed by atoms with Crippen molar-refractivity contribution in [2.45, 2.75) is 43.4 Å². The third kappa shape index (κ3) is 6.39. The Labute approximate surface area is 233 Å². The van der Waals surface area contributed by atoms with E-state index < -0.39 is 16.1 Å². The minimum absolute atomic E-state index is 0.00182. The maximum Gasteiger partial charge on any atom is 0.262 e. The number of aromatic nitrogens is 2. The van der Waals surface area contributed by atoms with Gasteiger partial charge in [-0.1, -0.05) is 24.3 Å². The minimum Gasteiger partial charge on any atom is -0.506 e. The van der Waals surface area contributed by atoms with Crippen LogP contribution in [0.4, 0.5) is 5.69 Å². The van der Waals surface area contributed by atoms with E-state index in [-0.39, 0.29) is 35.2 Å². The summed E-state index contributed by atoms with van der Waals surface area (Å²) >= 11 is 0. The number of rotatable bonds is 11. The van der Waals surface area contributed by atoms with Crippen LogP contribution >= 0.6 is 0 Å². The Morgan fingerprint density at radius 3 is 2.62 bits per heavy atom. The summed E-state index contributed by atoms with van der Waals surface area (Å²) in [6, 6.07) is 18.0. The lowest BCUT2D eigenvalue weighted by molar-refractivity contribution is 0.158. The number of β-amino-alcohol motifs (C(OH)–C–C–N with tert-alkyl or cyclic N) is 1. The lowest BCUT2D eigenvalue weighted by Crippen LogP contribution is -2.42.